The van der Waals surface area contributed by atoms with Gasteiger partial charge in [-0.1, -0.05) is 52.3 Å². The Kier molecular flexibility index (Phi) is 6.93. The Labute approximate surface area is 137 Å². The molecule has 0 spiro atoms. The van der Waals surface area contributed by atoms with Crippen molar-refractivity contribution in [2.75, 3.05) is 6.61 Å². The predicted molar refractivity (Wildman–Crippen MR) is 96.8 cm³/mol. The van der Waals surface area contributed by atoms with Crippen LogP contribution >= 0.6 is 0 Å². The molecule has 0 fully saturated rings. The molecule has 0 aromatic heterocycles. The van der Waals surface area contributed by atoms with Crippen molar-refractivity contribution in [2.24, 2.45) is 11.7 Å². The van der Waals surface area contributed by atoms with Gasteiger partial charge in [0.05, 0.1) is 6.61 Å². The molecule has 0 amide bonds. The normalized spacial score (nSPS) is 13.5. The van der Waals surface area contributed by atoms with Gasteiger partial charge in [-0.05, 0) is 50.0 Å². The summed E-state index contributed by atoms with van der Waals surface area (Å²) in [6.07, 6.45) is 3.23. The number of hydrogen-bond acceptors (Lipinski definition) is 2. The molecule has 2 heteroatoms. The summed E-state index contributed by atoms with van der Waals surface area (Å²) in [5, 5.41) is 0. The SMILES string of the molecule is CCOc1c(CCCC(N)C(C)C)cc(C)cc1C(C)(C)C. The third-order valence-corrected chi connectivity index (χ3v) is 4.25. The molecule has 0 bridgehead atoms. The highest BCUT2D eigenvalue weighted by atomic mass is 16.5. The highest BCUT2D eigenvalue weighted by Gasteiger charge is 2.22. The monoisotopic (exact) mass is 305 g/mol. The van der Waals surface area contributed by atoms with E-state index >= 15 is 0 Å². The van der Waals surface area contributed by atoms with E-state index in [1.54, 1.807) is 0 Å². The Morgan fingerprint density at radius 2 is 1.82 bits per heavy atom. The van der Waals surface area contributed by atoms with Crippen LogP contribution in [0.2, 0.25) is 0 Å². The molecule has 1 aromatic rings. The summed E-state index contributed by atoms with van der Waals surface area (Å²) in [4.78, 5) is 0. The summed E-state index contributed by atoms with van der Waals surface area (Å²) in [5.74, 6) is 1.65. The van der Waals surface area contributed by atoms with Crippen LogP contribution in [0.25, 0.3) is 0 Å². The van der Waals surface area contributed by atoms with Crippen molar-refractivity contribution in [2.45, 2.75) is 79.2 Å². The maximum absolute atomic E-state index is 6.18. The Balaban J connectivity index is 3.00. The van der Waals surface area contributed by atoms with Crippen LogP contribution in [-0.4, -0.2) is 12.6 Å². The molecule has 2 N–H and O–H groups in total. The molecule has 1 aromatic carbocycles. The first-order valence-electron chi connectivity index (χ1n) is 8.69. The van der Waals surface area contributed by atoms with E-state index < -0.39 is 0 Å². The molecular weight excluding hydrogens is 270 g/mol. The third-order valence-electron chi connectivity index (χ3n) is 4.25. The molecule has 126 valence electrons. The fourth-order valence-corrected chi connectivity index (χ4v) is 2.77. The van der Waals surface area contributed by atoms with Gasteiger partial charge in [0.1, 0.15) is 5.75 Å². The molecule has 1 rings (SSSR count). The number of ether oxygens (including phenoxy) is 1. The molecule has 0 saturated heterocycles. The van der Waals surface area contributed by atoms with Gasteiger partial charge in [-0.25, -0.2) is 0 Å². The third kappa shape index (κ3) is 5.31. The molecule has 0 aliphatic carbocycles. The van der Waals surface area contributed by atoms with Crippen LogP contribution in [0.3, 0.4) is 0 Å². The van der Waals surface area contributed by atoms with Crippen molar-refractivity contribution in [1.29, 1.82) is 0 Å². The van der Waals surface area contributed by atoms with Crippen LogP contribution in [0, 0.1) is 12.8 Å². The number of benzene rings is 1. The fourth-order valence-electron chi connectivity index (χ4n) is 2.77. The van der Waals surface area contributed by atoms with Gasteiger partial charge in [0.15, 0.2) is 0 Å². The van der Waals surface area contributed by atoms with Crippen LogP contribution < -0.4 is 10.5 Å². The maximum atomic E-state index is 6.18. The van der Waals surface area contributed by atoms with Crippen molar-refractivity contribution in [3.63, 3.8) is 0 Å². The van der Waals surface area contributed by atoms with Crippen LogP contribution in [-0.2, 0) is 11.8 Å². The highest BCUT2D eigenvalue weighted by Crippen LogP contribution is 2.36. The van der Waals surface area contributed by atoms with E-state index in [1.165, 1.54) is 16.7 Å². The Morgan fingerprint density at radius 3 is 2.32 bits per heavy atom. The van der Waals surface area contributed by atoms with Gasteiger partial charge in [-0.15, -0.1) is 0 Å². The van der Waals surface area contributed by atoms with Gasteiger partial charge < -0.3 is 10.5 Å². The van der Waals surface area contributed by atoms with Gasteiger partial charge in [-0.2, -0.15) is 0 Å². The van der Waals surface area contributed by atoms with Crippen LogP contribution in [0.4, 0.5) is 0 Å². The molecular formula is C20H35NO. The van der Waals surface area contributed by atoms with Gasteiger partial charge in [0.25, 0.3) is 0 Å². The van der Waals surface area contributed by atoms with Gasteiger partial charge >= 0.3 is 0 Å². The number of aryl methyl sites for hydroxylation is 2. The zero-order valence-corrected chi connectivity index (χ0v) is 15.6. The standard InChI is InChI=1S/C20H35NO/c1-8-22-19-16(10-9-11-18(21)14(2)3)12-15(4)13-17(19)20(5,6)7/h12-14,18H,8-11,21H2,1-7H3. The summed E-state index contributed by atoms with van der Waals surface area (Å²) < 4.78 is 6.02. The van der Waals surface area contributed by atoms with Crippen LogP contribution in [0.15, 0.2) is 12.1 Å². The Hall–Kier alpha value is -1.02. The first-order chi connectivity index (χ1) is 10.2. The maximum Gasteiger partial charge on any atom is 0.126 e. The average molecular weight is 306 g/mol. The smallest absolute Gasteiger partial charge is 0.126 e. The summed E-state index contributed by atoms with van der Waals surface area (Å²) in [5.41, 5.74) is 10.2. The van der Waals surface area contributed by atoms with E-state index in [4.69, 9.17) is 10.5 Å². The van der Waals surface area contributed by atoms with Crippen LogP contribution in [0.5, 0.6) is 5.75 Å². The quantitative estimate of drug-likeness (QED) is 0.769. The average Bonchev–Trinajstić information content (AvgIpc) is 2.39. The summed E-state index contributed by atoms with van der Waals surface area (Å²) in [7, 11) is 0. The molecule has 0 aliphatic rings. The summed E-state index contributed by atoms with van der Waals surface area (Å²) in [6.45, 7) is 16.1. The number of nitrogens with two attached hydrogens (primary N) is 1. The molecule has 0 radical (unpaired) electrons. The van der Waals surface area contributed by atoms with Crippen molar-refractivity contribution in [3.8, 4) is 5.75 Å². The first kappa shape index (κ1) is 19.0. The van der Waals surface area contributed by atoms with Crippen molar-refractivity contribution >= 4 is 0 Å². The number of rotatable bonds is 7. The molecule has 0 saturated carbocycles. The molecule has 0 aliphatic heterocycles. The van der Waals surface area contributed by atoms with Crippen molar-refractivity contribution in [1.82, 2.24) is 0 Å². The topological polar surface area (TPSA) is 35.2 Å². The van der Waals surface area contributed by atoms with E-state index in [2.05, 4.69) is 60.6 Å². The Bertz CT molecular complexity index is 471. The van der Waals surface area contributed by atoms with Gasteiger partial charge in [-0.3, -0.25) is 0 Å². The zero-order chi connectivity index (χ0) is 16.9. The minimum atomic E-state index is 0.0968. The zero-order valence-electron chi connectivity index (χ0n) is 15.6. The second kappa shape index (κ2) is 8.01. The summed E-state index contributed by atoms with van der Waals surface area (Å²) >= 11 is 0. The molecule has 0 heterocycles. The summed E-state index contributed by atoms with van der Waals surface area (Å²) in [6, 6.07) is 4.84. The minimum Gasteiger partial charge on any atom is -0.493 e. The Morgan fingerprint density at radius 1 is 1.18 bits per heavy atom. The largest absolute Gasteiger partial charge is 0.493 e. The van der Waals surface area contributed by atoms with E-state index in [-0.39, 0.29) is 5.41 Å². The number of hydrogen-bond donors (Lipinski definition) is 1. The fraction of sp³-hybridized carbons (Fsp3) is 0.700. The minimum absolute atomic E-state index is 0.0968. The molecule has 2 nitrogen and oxygen atoms in total. The highest BCUT2D eigenvalue weighted by molar-refractivity contribution is 5.48. The lowest BCUT2D eigenvalue weighted by atomic mass is 9.83. The van der Waals surface area contributed by atoms with E-state index in [1.807, 2.05) is 0 Å². The second-order valence-corrected chi connectivity index (χ2v) is 7.78. The van der Waals surface area contributed by atoms with Gasteiger partial charge in [0.2, 0.25) is 0 Å². The van der Waals surface area contributed by atoms with Crippen molar-refractivity contribution in [3.05, 3.63) is 28.8 Å². The van der Waals surface area contributed by atoms with Crippen molar-refractivity contribution < 1.29 is 4.74 Å². The van der Waals surface area contributed by atoms with E-state index in [0.29, 0.717) is 18.6 Å². The lowest BCUT2D eigenvalue weighted by molar-refractivity contribution is 0.325. The molecule has 22 heavy (non-hydrogen) atoms. The first-order valence-corrected chi connectivity index (χ1v) is 8.69. The van der Waals surface area contributed by atoms with E-state index in [9.17, 15) is 0 Å². The van der Waals surface area contributed by atoms with Crippen LogP contribution in [0.1, 0.15) is 71.1 Å². The molecule has 1 unspecified atom stereocenters. The lowest BCUT2D eigenvalue weighted by Crippen LogP contribution is -2.26. The van der Waals surface area contributed by atoms with Gasteiger partial charge in [0, 0.05) is 11.6 Å². The predicted octanol–water partition coefficient (Wildman–Crippen LogP) is 5.00. The van der Waals surface area contributed by atoms with E-state index in [0.717, 1.165) is 25.0 Å². The lowest BCUT2D eigenvalue weighted by Gasteiger charge is -2.26. The second-order valence-electron chi connectivity index (χ2n) is 7.78. The molecule has 1 atom stereocenters.